The highest BCUT2D eigenvalue weighted by Gasteiger charge is 2.23. The average molecular weight is 357 g/mol. The van der Waals surface area contributed by atoms with Crippen LogP contribution in [0.4, 0.5) is 5.95 Å². The zero-order valence-electron chi connectivity index (χ0n) is 13.8. The van der Waals surface area contributed by atoms with Crippen LogP contribution in [0.3, 0.4) is 0 Å². The van der Waals surface area contributed by atoms with Crippen LogP contribution in [0.25, 0.3) is 16.7 Å². The van der Waals surface area contributed by atoms with E-state index < -0.39 is 0 Å². The van der Waals surface area contributed by atoms with Crippen molar-refractivity contribution >= 4 is 35.3 Å². The molecule has 1 aliphatic heterocycles. The van der Waals surface area contributed by atoms with E-state index in [4.69, 9.17) is 0 Å². The molecule has 130 valence electrons. The minimum absolute atomic E-state index is 0. The van der Waals surface area contributed by atoms with Crippen molar-refractivity contribution < 1.29 is 4.79 Å². The van der Waals surface area contributed by atoms with Gasteiger partial charge in [-0.15, -0.1) is 12.4 Å². The molecule has 1 aromatic heterocycles. The SMILES string of the molecule is Cl.O=C(Nc1nc2ccccc2n1-c1ccccc1)C1CCNCC1. The molecule has 0 bridgehead atoms. The van der Waals surface area contributed by atoms with Crippen LogP contribution in [0.1, 0.15) is 12.8 Å². The number of piperidine rings is 1. The third-order valence-corrected chi connectivity index (χ3v) is 4.52. The molecule has 2 N–H and O–H groups in total. The lowest BCUT2D eigenvalue weighted by Gasteiger charge is -2.21. The van der Waals surface area contributed by atoms with Crippen LogP contribution in [-0.2, 0) is 4.79 Å². The Kier molecular flexibility index (Phi) is 5.36. The molecule has 2 heterocycles. The van der Waals surface area contributed by atoms with Crippen LogP contribution < -0.4 is 10.6 Å². The number of hydrogen-bond acceptors (Lipinski definition) is 3. The van der Waals surface area contributed by atoms with E-state index in [2.05, 4.69) is 15.6 Å². The number of fused-ring (bicyclic) bond motifs is 1. The molecule has 0 spiro atoms. The van der Waals surface area contributed by atoms with Gasteiger partial charge in [0.05, 0.1) is 11.0 Å². The molecule has 25 heavy (non-hydrogen) atoms. The summed E-state index contributed by atoms with van der Waals surface area (Å²) in [7, 11) is 0. The summed E-state index contributed by atoms with van der Waals surface area (Å²) in [5, 5.41) is 6.34. The van der Waals surface area contributed by atoms with Gasteiger partial charge in [-0.1, -0.05) is 30.3 Å². The van der Waals surface area contributed by atoms with Gasteiger partial charge < -0.3 is 5.32 Å². The van der Waals surface area contributed by atoms with Crippen LogP contribution in [0, 0.1) is 5.92 Å². The van der Waals surface area contributed by atoms with Crippen LogP contribution in [0.5, 0.6) is 0 Å². The van der Waals surface area contributed by atoms with Crippen molar-refractivity contribution in [2.45, 2.75) is 12.8 Å². The average Bonchev–Trinajstić information content (AvgIpc) is 3.01. The summed E-state index contributed by atoms with van der Waals surface area (Å²) >= 11 is 0. The fourth-order valence-electron chi connectivity index (χ4n) is 3.24. The molecular weight excluding hydrogens is 336 g/mol. The number of halogens is 1. The van der Waals surface area contributed by atoms with E-state index in [-0.39, 0.29) is 24.2 Å². The Morgan fingerprint density at radius 1 is 1.04 bits per heavy atom. The number of nitrogens with zero attached hydrogens (tertiary/aromatic N) is 2. The molecule has 1 aliphatic rings. The monoisotopic (exact) mass is 356 g/mol. The summed E-state index contributed by atoms with van der Waals surface area (Å²) in [6, 6.07) is 17.9. The van der Waals surface area contributed by atoms with Crippen molar-refractivity contribution in [1.82, 2.24) is 14.9 Å². The summed E-state index contributed by atoms with van der Waals surface area (Å²) in [4.78, 5) is 17.3. The van der Waals surface area contributed by atoms with Gasteiger partial charge in [0.1, 0.15) is 0 Å². The quantitative estimate of drug-likeness (QED) is 0.756. The molecule has 0 unspecified atom stereocenters. The van der Waals surface area contributed by atoms with Crippen molar-refractivity contribution in [3.63, 3.8) is 0 Å². The first-order chi connectivity index (χ1) is 11.8. The van der Waals surface area contributed by atoms with Crippen LogP contribution in [-0.4, -0.2) is 28.5 Å². The van der Waals surface area contributed by atoms with Gasteiger partial charge in [0.2, 0.25) is 11.9 Å². The fraction of sp³-hybridized carbons (Fsp3) is 0.263. The molecule has 0 saturated carbocycles. The Bertz CT molecular complexity index is 856. The third kappa shape index (κ3) is 3.52. The molecule has 4 rings (SSSR count). The minimum Gasteiger partial charge on any atom is -0.317 e. The molecule has 2 aromatic carbocycles. The van der Waals surface area contributed by atoms with Gasteiger partial charge >= 0.3 is 0 Å². The second-order valence-electron chi connectivity index (χ2n) is 6.11. The summed E-state index contributed by atoms with van der Waals surface area (Å²) in [6.07, 6.45) is 1.74. The zero-order valence-corrected chi connectivity index (χ0v) is 14.6. The molecule has 0 radical (unpaired) electrons. The number of rotatable bonds is 3. The van der Waals surface area contributed by atoms with Gasteiger partial charge in [0, 0.05) is 11.6 Å². The van der Waals surface area contributed by atoms with Crippen LogP contribution in [0.2, 0.25) is 0 Å². The van der Waals surface area contributed by atoms with Crippen molar-refractivity contribution in [2.24, 2.45) is 5.92 Å². The van der Waals surface area contributed by atoms with Gasteiger partial charge in [0.25, 0.3) is 0 Å². The standard InChI is InChI=1S/C19H20N4O.ClH/c24-18(14-10-12-20-13-11-14)22-19-21-16-8-4-5-9-17(16)23(19)15-6-2-1-3-7-15;/h1-9,14,20H,10-13H2,(H,21,22,24);1H. The number of amides is 1. The molecule has 1 fully saturated rings. The first-order valence-electron chi connectivity index (χ1n) is 8.37. The van der Waals surface area contributed by atoms with Crippen molar-refractivity contribution in [3.05, 3.63) is 54.6 Å². The lowest BCUT2D eigenvalue weighted by Crippen LogP contribution is -2.35. The van der Waals surface area contributed by atoms with Gasteiger partial charge in [-0.3, -0.25) is 14.7 Å². The molecule has 0 atom stereocenters. The number of carbonyl (C=O) groups excluding carboxylic acids is 1. The first kappa shape index (κ1) is 17.5. The normalized spacial score (nSPS) is 14.9. The predicted octanol–water partition coefficient (Wildman–Crippen LogP) is 3.39. The smallest absolute Gasteiger partial charge is 0.229 e. The van der Waals surface area contributed by atoms with Gasteiger partial charge in [-0.25, -0.2) is 4.98 Å². The van der Waals surface area contributed by atoms with Crippen LogP contribution >= 0.6 is 12.4 Å². The minimum atomic E-state index is 0. The number of nitrogens with one attached hydrogen (secondary N) is 2. The van der Waals surface area contributed by atoms with Crippen molar-refractivity contribution in [2.75, 3.05) is 18.4 Å². The Balaban J connectivity index is 0.00000182. The Hall–Kier alpha value is -2.37. The molecule has 1 amide bonds. The number of aromatic nitrogens is 2. The number of hydrogen-bond donors (Lipinski definition) is 2. The maximum Gasteiger partial charge on any atom is 0.229 e. The number of anilines is 1. The zero-order chi connectivity index (χ0) is 16.4. The highest BCUT2D eigenvalue weighted by Crippen LogP contribution is 2.25. The lowest BCUT2D eigenvalue weighted by atomic mass is 9.97. The van der Waals surface area contributed by atoms with Crippen molar-refractivity contribution in [1.29, 1.82) is 0 Å². The Labute approximate surface area is 152 Å². The summed E-state index contributed by atoms with van der Waals surface area (Å²) in [6.45, 7) is 1.79. The van der Waals surface area contributed by atoms with Gasteiger partial charge in [-0.2, -0.15) is 0 Å². The maximum atomic E-state index is 12.6. The number of imidazole rings is 1. The summed E-state index contributed by atoms with van der Waals surface area (Å²) in [5.41, 5.74) is 2.86. The van der Waals surface area contributed by atoms with E-state index in [1.165, 1.54) is 0 Å². The number of benzene rings is 2. The van der Waals surface area contributed by atoms with Crippen molar-refractivity contribution in [3.8, 4) is 5.69 Å². The largest absolute Gasteiger partial charge is 0.317 e. The van der Waals surface area contributed by atoms with E-state index >= 15 is 0 Å². The molecule has 0 aliphatic carbocycles. The second kappa shape index (κ2) is 7.68. The maximum absolute atomic E-state index is 12.6. The lowest BCUT2D eigenvalue weighted by molar-refractivity contribution is -0.120. The topological polar surface area (TPSA) is 59.0 Å². The molecular formula is C19H21ClN4O. The van der Waals surface area contributed by atoms with E-state index in [0.717, 1.165) is 42.7 Å². The second-order valence-corrected chi connectivity index (χ2v) is 6.11. The highest BCUT2D eigenvalue weighted by atomic mass is 35.5. The molecule has 6 heteroatoms. The summed E-state index contributed by atoms with van der Waals surface area (Å²) in [5.74, 6) is 0.699. The van der Waals surface area contributed by atoms with Gasteiger partial charge in [-0.05, 0) is 50.2 Å². The van der Waals surface area contributed by atoms with Crippen LogP contribution in [0.15, 0.2) is 54.6 Å². The predicted molar refractivity (Wildman–Crippen MR) is 103 cm³/mol. The Morgan fingerprint density at radius 3 is 2.48 bits per heavy atom. The van der Waals surface area contributed by atoms with E-state index in [9.17, 15) is 4.79 Å². The van der Waals surface area contributed by atoms with E-state index in [1.54, 1.807) is 0 Å². The summed E-state index contributed by atoms with van der Waals surface area (Å²) < 4.78 is 2.01. The first-order valence-corrected chi connectivity index (χ1v) is 8.37. The third-order valence-electron chi connectivity index (χ3n) is 4.52. The number of carbonyl (C=O) groups is 1. The molecule has 5 nitrogen and oxygen atoms in total. The number of para-hydroxylation sites is 3. The van der Waals surface area contributed by atoms with Gasteiger partial charge in [0.15, 0.2) is 0 Å². The molecule has 1 saturated heterocycles. The molecule has 3 aromatic rings. The Morgan fingerprint density at radius 2 is 1.72 bits per heavy atom. The van der Waals surface area contributed by atoms with E-state index in [0.29, 0.717) is 5.95 Å². The fourth-order valence-corrected chi connectivity index (χ4v) is 3.24. The van der Waals surface area contributed by atoms with E-state index in [1.807, 2.05) is 59.2 Å². The highest BCUT2D eigenvalue weighted by molar-refractivity contribution is 5.94.